The van der Waals surface area contributed by atoms with Crippen LogP contribution in [0.3, 0.4) is 0 Å². The Hall–Kier alpha value is -2.06. The van der Waals surface area contributed by atoms with Crippen LogP contribution in [0.5, 0.6) is 0 Å². The molecule has 1 aromatic carbocycles. The number of amides is 1. The Morgan fingerprint density at radius 1 is 1.35 bits per heavy atom. The lowest BCUT2D eigenvalue weighted by Crippen LogP contribution is -2.54. The molecule has 144 valence electrons. The molecule has 1 amide bonds. The van der Waals surface area contributed by atoms with Crippen molar-refractivity contribution in [2.45, 2.75) is 38.5 Å². The quantitative estimate of drug-likeness (QED) is 0.881. The standard InChI is InChI=1S/C18H23F2NO5/c1-18(2,3)26-17(23)21-15-12(8-24-4)14(22)9-25-16(15)11-7-10(19)5-6-13(11)20/h5-7,12,15-16H,8-9H2,1-4H3,(H,21,23)/t12?,15-,16+/m0/s1. The van der Waals surface area contributed by atoms with Crippen molar-refractivity contribution in [1.29, 1.82) is 0 Å². The van der Waals surface area contributed by atoms with Crippen molar-refractivity contribution in [3.63, 3.8) is 0 Å². The van der Waals surface area contributed by atoms with Crippen LogP contribution >= 0.6 is 0 Å². The van der Waals surface area contributed by atoms with Gasteiger partial charge in [0, 0.05) is 12.7 Å². The Bertz CT molecular complexity index is 674. The van der Waals surface area contributed by atoms with Crippen molar-refractivity contribution < 1.29 is 32.6 Å². The van der Waals surface area contributed by atoms with Gasteiger partial charge < -0.3 is 19.5 Å². The average Bonchev–Trinajstić information content (AvgIpc) is 2.52. The summed E-state index contributed by atoms with van der Waals surface area (Å²) in [5.41, 5.74) is -0.848. The molecule has 1 heterocycles. The van der Waals surface area contributed by atoms with Gasteiger partial charge in [0.1, 0.15) is 29.9 Å². The molecular formula is C18H23F2NO5. The summed E-state index contributed by atoms with van der Waals surface area (Å²) in [6, 6.07) is 1.97. The van der Waals surface area contributed by atoms with Crippen LogP contribution in [-0.4, -0.2) is 43.8 Å². The van der Waals surface area contributed by atoms with Crippen LogP contribution in [0.4, 0.5) is 13.6 Å². The highest BCUT2D eigenvalue weighted by Gasteiger charge is 2.43. The molecule has 1 fully saturated rings. The van der Waals surface area contributed by atoms with Gasteiger partial charge in [0.2, 0.25) is 0 Å². The molecule has 26 heavy (non-hydrogen) atoms. The lowest BCUT2D eigenvalue weighted by Gasteiger charge is -2.37. The minimum absolute atomic E-state index is 0.00388. The maximum Gasteiger partial charge on any atom is 0.407 e. The average molecular weight is 371 g/mol. The molecule has 0 aromatic heterocycles. The second kappa shape index (κ2) is 8.09. The third-order valence-corrected chi connectivity index (χ3v) is 3.87. The Kier molecular flexibility index (Phi) is 6.30. The molecule has 8 heteroatoms. The fourth-order valence-corrected chi connectivity index (χ4v) is 2.81. The van der Waals surface area contributed by atoms with Crippen molar-refractivity contribution in [3.05, 3.63) is 35.4 Å². The topological polar surface area (TPSA) is 73.9 Å². The van der Waals surface area contributed by atoms with Gasteiger partial charge in [0.15, 0.2) is 5.78 Å². The number of ketones is 1. The second-order valence-electron chi connectivity index (χ2n) is 7.10. The van der Waals surface area contributed by atoms with E-state index in [1.54, 1.807) is 20.8 Å². The van der Waals surface area contributed by atoms with E-state index in [-0.39, 0.29) is 24.6 Å². The molecule has 1 aromatic rings. The number of alkyl carbamates (subject to hydrolysis) is 1. The lowest BCUT2D eigenvalue weighted by molar-refractivity contribution is -0.144. The second-order valence-corrected chi connectivity index (χ2v) is 7.10. The number of carbonyl (C=O) groups is 2. The van der Waals surface area contributed by atoms with Crippen LogP contribution in [-0.2, 0) is 19.0 Å². The molecule has 0 saturated carbocycles. The van der Waals surface area contributed by atoms with E-state index in [0.717, 1.165) is 18.2 Å². The molecular weight excluding hydrogens is 348 g/mol. The highest BCUT2D eigenvalue weighted by Crippen LogP contribution is 2.33. The third kappa shape index (κ3) is 4.98. The van der Waals surface area contributed by atoms with E-state index in [9.17, 15) is 18.4 Å². The van der Waals surface area contributed by atoms with Gasteiger partial charge in [0.05, 0.1) is 18.6 Å². The van der Waals surface area contributed by atoms with Gasteiger partial charge >= 0.3 is 6.09 Å². The van der Waals surface area contributed by atoms with Gasteiger partial charge in [-0.15, -0.1) is 0 Å². The Morgan fingerprint density at radius 2 is 2.04 bits per heavy atom. The molecule has 1 unspecified atom stereocenters. The van der Waals surface area contributed by atoms with Crippen LogP contribution in [0.1, 0.15) is 32.4 Å². The van der Waals surface area contributed by atoms with Crippen LogP contribution in [0, 0.1) is 17.6 Å². The van der Waals surface area contributed by atoms with Gasteiger partial charge in [-0.3, -0.25) is 4.79 Å². The molecule has 0 aliphatic carbocycles. The minimum atomic E-state index is -1.06. The first-order valence-electron chi connectivity index (χ1n) is 8.20. The molecule has 2 rings (SSSR count). The Labute approximate surface area is 150 Å². The Morgan fingerprint density at radius 3 is 2.65 bits per heavy atom. The van der Waals surface area contributed by atoms with Gasteiger partial charge in [0.25, 0.3) is 0 Å². The molecule has 0 radical (unpaired) electrons. The number of methoxy groups -OCH3 is 1. The third-order valence-electron chi connectivity index (χ3n) is 3.87. The van der Waals surface area contributed by atoms with Gasteiger partial charge in [-0.25, -0.2) is 13.6 Å². The van der Waals surface area contributed by atoms with Crippen molar-refractivity contribution in [2.24, 2.45) is 5.92 Å². The van der Waals surface area contributed by atoms with Gasteiger partial charge in [-0.1, -0.05) is 0 Å². The SMILES string of the molecule is COCC1C(=O)CO[C@H](c2cc(F)ccc2F)[C@H]1NC(=O)OC(C)(C)C. The van der Waals surface area contributed by atoms with E-state index < -0.39 is 41.4 Å². The molecule has 3 atom stereocenters. The van der Waals surface area contributed by atoms with E-state index in [1.807, 2.05) is 0 Å². The summed E-state index contributed by atoms with van der Waals surface area (Å²) in [5, 5.41) is 2.56. The lowest BCUT2D eigenvalue weighted by atomic mass is 9.86. The maximum absolute atomic E-state index is 14.2. The van der Waals surface area contributed by atoms with Crippen LogP contribution in [0.25, 0.3) is 0 Å². The number of rotatable bonds is 4. The molecule has 0 spiro atoms. The molecule has 1 N–H and O–H groups in total. The van der Waals surface area contributed by atoms with E-state index in [4.69, 9.17) is 14.2 Å². The molecule has 6 nitrogen and oxygen atoms in total. The molecule has 0 bridgehead atoms. The van der Waals surface area contributed by atoms with Crippen LogP contribution < -0.4 is 5.32 Å². The number of ether oxygens (including phenoxy) is 3. The first kappa shape index (κ1) is 20.3. The monoisotopic (exact) mass is 371 g/mol. The van der Waals surface area contributed by atoms with Crippen molar-refractivity contribution in [1.82, 2.24) is 5.32 Å². The zero-order chi connectivity index (χ0) is 19.5. The number of benzene rings is 1. The molecule has 1 aliphatic rings. The number of carbonyl (C=O) groups excluding carboxylic acids is 2. The normalized spacial score (nSPS) is 23.6. The Balaban J connectivity index is 2.35. The largest absolute Gasteiger partial charge is 0.444 e. The van der Waals surface area contributed by atoms with Gasteiger partial charge in [-0.2, -0.15) is 0 Å². The summed E-state index contributed by atoms with van der Waals surface area (Å²) < 4.78 is 43.6. The van der Waals surface area contributed by atoms with E-state index in [0.29, 0.717) is 0 Å². The summed E-state index contributed by atoms with van der Waals surface area (Å²) in [4.78, 5) is 24.4. The van der Waals surface area contributed by atoms with E-state index in [1.165, 1.54) is 7.11 Å². The zero-order valence-corrected chi connectivity index (χ0v) is 15.2. The summed E-state index contributed by atoms with van der Waals surface area (Å²) in [6.45, 7) is 4.76. The molecule has 1 aliphatic heterocycles. The number of halogens is 2. The predicted molar refractivity (Wildman–Crippen MR) is 88.6 cm³/mol. The maximum atomic E-state index is 14.2. The number of nitrogens with one attached hydrogen (secondary N) is 1. The summed E-state index contributed by atoms with van der Waals surface area (Å²) in [6.07, 6.45) is -1.85. The van der Waals surface area contributed by atoms with Gasteiger partial charge in [-0.05, 0) is 39.0 Å². The first-order valence-corrected chi connectivity index (χ1v) is 8.20. The fourth-order valence-electron chi connectivity index (χ4n) is 2.81. The summed E-state index contributed by atoms with van der Waals surface area (Å²) in [5.74, 6) is -2.44. The van der Waals surface area contributed by atoms with Crippen LogP contribution in [0.2, 0.25) is 0 Å². The smallest absolute Gasteiger partial charge is 0.407 e. The van der Waals surface area contributed by atoms with Crippen molar-refractivity contribution in [2.75, 3.05) is 20.3 Å². The highest BCUT2D eigenvalue weighted by atomic mass is 19.1. The summed E-state index contributed by atoms with van der Waals surface area (Å²) in [7, 11) is 1.41. The first-order chi connectivity index (χ1) is 12.1. The van der Waals surface area contributed by atoms with E-state index >= 15 is 0 Å². The van der Waals surface area contributed by atoms with Crippen molar-refractivity contribution in [3.8, 4) is 0 Å². The number of hydrogen-bond donors (Lipinski definition) is 1. The number of Topliss-reactive ketones (excluding diaryl/α,β-unsaturated/α-hetero) is 1. The summed E-state index contributed by atoms with van der Waals surface area (Å²) >= 11 is 0. The van der Waals surface area contributed by atoms with Crippen molar-refractivity contribution >= 4 is 11.9 Å². The predicted octanol–water partition coefficient (Wildman–Crippen LogP) is 2.76. The van der Waals surface area contributed by atoms with E-state index in [2.05, 4.69) is 5.32 Å². The fraction of sp³-hybridized carbons (Fsp3) is 0.556. The zero-order valence-electron chi connectivity index (χ0n) is 15.2. The van der Waals surface area contributed by atoms with Crippen LogP contribution in [0.15, 0.2) is 18.2 Å². The number of hydrogen-bond acceptors (Lipinski definition) is 5. The molecule has 1 saturated heterocycles. The highest BCUT2D eigenvalue weighted by molar-refractivity contribution is 5.84. The minimum Gasteiger partial charge on any atom is -0.444 e.